The molecule has 0 fully saturated rings. The molecule has 0 aliphatic carbocycles. The lowest BCUT2D eigenvalue weighted by atomic mass is 10.4. The van der Waals surface area contributed by atoms with E-state index in [1.807, 2.05) is 0 Å². The zero-order valence-electron chi connectivity index (χ0n) is 10.3. The Bertz CT molecular complexity index is 287. The number of amides is 1. The fraction of sp³-hybridized carbons (Fsp3) is 0.600. The molecule has 0 aromatic heterocycles. The molecule has 0 radical (unpaired) electrons. The molecule has 0 saturated carbocycles. The van der Waals surface area contributed by atoms with E-state index in [-0.39, 0.29) is 5.57 Å². The lowest BCUT2D eigenvalue weighted by Crippen LogP contribution is -2.39. The number of ether oxygens (including phenoxy) is 4. The molecule has 0 aromatic rings. The molecule has 0 heterocycles. The molecule has 0 spiro atoms. The summed E-state index contributed by atoms with van der Waals surface area (Å²) in [5, 5.41) is 2.23. The van der Waals surface area contributed by atoms with E-state index in [1.165, 1.54) is 28.1 Å². The molecule has 17 heavy (non-hydrogen) atoms. The lowest BCUT2D eigenvalue weighted by molar-refractivity contribution is -0.162. The molecule has 0 aliphatic rings. The maximum Gasteiger partial charge on any atom is 0.414 e. The molecule has 0 rings (SSSR count). The van der Waals surface area contributed by atoms with Crippen LogP contribution in [0.5, 0.6) is 0 Å². The van der Waals surface area contributed by atoms with Gasteiger partial charge < -0.3 is 18.9 Å². The van der Waals surface area contributed by atoms with E-state index in [0.717, 1.165) is 0 Å². The molecule has 1 N–H and O–H groups in total. The third-order valence-electron chi connectivity index (χ3n) is 1.56. The SMILES string of the molecule is C=C(C)C(=O)OC(C)OC(=O)NC(OC)OC. The first-order chi connectivity index (χ1) is 7.90. The first kappa shape index (κ1) is 15.4. The maximum absolute atomic E-state index is 11.2. The number of hydrogen-bond donors (Lipinski definition) is 1. The summed E-state index contributed by atoms with van der Waals surface area (Å²) in [6.07, 6.45) is -2.79. The number of hydrogen-bond acceptors (Lipinski definition) is 6. The second-order valence-corrected chi connectivity index (χ2v) is 3.11. The quantitative estimate of drug-likeness (QED) is 0.423. The molecule has 0 bridgehead atoms. The van der Waals surface area contributed by atoms with E-state index in [2.05, 4.69) is 11.9 Å². The molecular weight excluding hydrogens is 230 g/mol. The van der Waals surface area contributed by atoms with Gasteiger partial charge in [-0.05, 0) is 6.92 Å². The highest BCUT2D eigenvalue weighted by atomic mass is 16.7. The predicted octanol–water partition coefficient (Wildman–Crippen LogP) is 0.754. The molecule has 0 saturated heterocycles. The molecule has 1 atom stereocenters. The van der Waals surface area contributed by atoms with Gasteiger partial charge in [0.25, 0.3) is 0 Å². The number of carbonyl (C=O) groups is 2. The summed E-state index contributed by atoms with van der Waals surface area (Å²) in [6, 6.07) is 0. The van der Waals surface area contributed by atoms with Gasteiger partial charge in [-0.3, -0.25) is 5.32 Å². The maximum atomic E-state index is 11.2. The standard InChI is InChI=1S/C10H17NO6/c1-6(2)8(12)16-7(3)17-9(13)11-10(14-4)15-5/h7,10H,1H2,2-5H3,(H,11,13). The Hall–Kier alpha value is -1.60. The van der Waals surface area contributed by atoms with Crippen molar-refractivity contribution in [2.24, 2.45) is 0 Å². The fourth-order valence-corrected chi connectivity index (χ4v) is 0.770. The van der Waals surface area contributed by atoms with E-state index >= 15 is 0 Å². The fourth-order valence-electron chi connectivity index (χ4n) is 0.770. The highest BCUT2D eigenvalue weighted by Gasteiger charge is 2.17. The lowest BCUT2D eigenvalue weighted by Gasteiger charge is -2.17. The van der Waals surface area contributed by atoms with Crippen LogP contribution >= 0.6 is 0 Å². The van der Waals surface area contributed by atoms with E-state index in [0.29, 0.717) is 0 Å². The van der Waals surface area contributed by atoms with Crippen molar-refractivity contribution in [3.8, 4) is 0 Å². The van der Waals surface area contributed by atoms with Gasteiger partial charge in [-0.2, -0.15) is 0 Å². The average molecular weight is 247 g/mol. The first-order valence-corrected chi connectivity index (χ1v) is 4.80. The van der Waals surface area contributed by atoms with Gasteiger partial charge in [0.2, 0.25) is 12.7 Å². The normalized spacial score (nSPS) is 11.8. The Labute approximate surface area is 99.7 Å². The van der Waals surface area contributed by atoms with Gasteiger partial charge in [0.05, 0.1) is 0 Å². The number of alkyl carbamates (subject to hydrolysis) is 1. The van der Waals surface area contributed by atoms with E-state index in [4.69, 9.17) is 18.9 Å². The van der Waals surface area contributed by atoms with Crippen molar-refractivity contribution in [3.05, 3.63) is 12.2 Å². The van der Waals surface area contributed by atoms with Crippen molar-refractivity contribution in [2.75, 3.05) is 14.2 Å². The van der Waals surface area contributed by atoms with Crippen molar-refractivity contribution in [2.45, 2.75) is 26.6 Å². The first-order valence-electron chi connectivity index (χ1n) is 4.80. The largest absolute Gasteiger partial charge is 0.422 e. The molecule has 1 amide bonds. The van der Waals surface area contributed by atoms with Crippen LogP contribution in [0.4, 0.5) is 4.79 Å². The van der Waals surface area contributed by atoms with Gasteiger partial charge in [0, 0.05) is 26.7 Å². The number of rotatable bonds is 6. The Morgan fingerprint density at radius 2 is 1.71 bits per heavy atom. The molecule has 1 unspecified atom stereocenters. The highest BCUT2D eigenvalue weighted by Crippen LogP contribution is 2.00. The van der Waals surface area contributed by atoms with Crippen molar-refractivity contribution in [1.82, 2.24) is 5.32 Å². The van der Waals surface area contributed by atoms with Gasteiger partial charge in [0.15, 0.2) is 0 Å². The van der Waals surface area contributed by atoms with Crippen LogP contribution in [-0.4, -0.2) is 39.0 Å². The van der Waals surface area contributed by atoms with Crippen LogP contribution in [0.3, 0.4) is 0 Å². The topological polar surface area (TPSA) is 83.1 Å². The predicted molar refractivity (Wildman–Crippen MR) is 57.8 cm³/mol. The molecule has 98 valence electrons. The molecule has 7 nitrogen and oxygen atoms in total. The summed E-state index contributed by atoms with van der Waals surface area (Å²) < 4.78 is 18.9. The molecule has 7 heteroatoms. The van der Waals surface area contributed by atoms with E-state index < -0.39 is 24.8 Å². The number of nitrogens with one attached hydrogen (secondary N) is 1. The summed E-state index contributed by atoms with van der Waals surface area (Å²) in [6.45, 7) is 6.28. The van der Waals surface area contributed by atoms with Crippen molar-refractivity contribution in [3.63, 3.8) is 0 Å². The Kier molecular flexibility index (Phi) is 6.92. The monoisotopic (exact) mass is 247 g/mol. The van der Waals surface area contributed by atoms with Crippen molar-refractivity contribution >= 4 is 12.1 Å². The van der Waals surface area contributed by atoms with Crippen LogP contribution in [0.15, 0.2) is 12.2 Å². The number of methoxy groups -OCH3 is 2. The van der Waals surface area contributed by atoms with Crippen LogP contribution in [0, 0.1) is 0 Å². The zero-order chi connectivity index (χ0) is 13.4. The van der Waals surface area contributed by atoms with Crippen LogP contribution in [0.2, 0.25) is 0 Å². The van der Waals surface area contributed by atoms with Crippen molar-refractivity contribution < 1.29 is 28.5 Å². The molecular formula is C10H17NO6. The molecule has 0 aromatic carbocycles. The van der Waals surface area contributed by atoms with Gasteiger partial charge in [0.1, 0.15) is 0 Å². The third kappa shape index (κ3) is 6.54. The minimum atomic E-state index is -1.03. The Balaban J connectivity index is 4.03. The average Bonchev–Trinajstić information content (AvgIpc) is 2.25. The second-order valence-electron chi connectivity index (χ2n) is 3.11. The van der Waals surface area contributed by atoms with Gasteiger partial charge in [-0.25, -0.2) is 9.59 Å². The smallest absolute Gasteiger partial charge is 0.414 e. The zero-order valence-corrected chi connectivity index (χ0v) is 10.3. The highest BCUT2D eigenvalue weighted by molar-refractivity contribution is 5.87. The third-order valence-corrected chi connectivity index (χ3v) is 1.56. The summed E-state index contributed by atoms with van der Waals surface area (Å²) in [4.78, 5) is 22.3. The summed E-state index contributed by atoms with van der Waals surface area (Å²) >= 11 is 0. The minimum Gasteiger partial charge on any atom is -0.422 e. The van der Waals surface area contributed by atoms with E-state index in [1.54, 1.807) is 0 Å². The van der Waals surface area contributed by atoms with Crippen LogP contribution in [0.1, 0.15) is 13.8 Å². The number of esters is 1. The summed E-state index contributed by atoms with van der Waals surface area (Å²) in [5.74, 6) is -0.639. The molecule has 0 aliphatic heterocycles. The van der Waals surface area contributed by atoms with Gasteiger partial charge in [-0.1, -0.05) is 6.58 Å². The second kappa shape index (κ2) is 7.64. The van der Waals surface area contributed by atoms with Gasteiger partial charge in [-0.15, -0.1) is 0 Å². The van der Waals surface area contributed by atoms with Crippen molar-refractivity contribution in [1.29, 1.82) is 0 Å². The van der Waals surface area contributed by atoms with Gasteiger partial charge >= 0.3 is 12.1 Å². The summed E-state index contributed by atoms with van der Waals surface area (Å²) in [5.41, 5.74) is 0.215. The van der Waals surface area contributed by atoms with E-state index in [9.17, 15) is 9.59 Å². The number of carbonyl (C=O) groups excluding carboxylic acids is 2. The Morgan fingerprint density at radius 1 is 1.18 bits per heavy atom. The summed E-state index contributed by atoms with van der Waals surface area (Å²) in [7, 11) is 2.69. The van der Waals surface area contributed by atoms with Crippen LogP contribution in [-0.2, 0) is 23.7 Å². The van der Waals surface area contributed by atoms with Crippen LogP contribution < -0.4 is 5.32 Å². The van der Waals surface area contributed by atoms with Crippen LogP contribution in [0.25, 0.3) is 0 Å². The Morgan fingerprint density at radius 3 is 2.12 bits per heavy atom. The minimum absolute atomic E-state index is 0.215.